The van der Waals surface area contributed by atoms with E-state index in [2.05, 4.69) is 39.1 Å². The molecule has 1 fully saturated rings. The second kappa shape index (κ2) is 13.5. The molecular formula is C34H36N6O3S2. The first-order chi connectivity index (χ1) is 21.9. The quantitative estimate of drug-likeness (QED) is 0.228. The number of amides is 1. The minimum Gasteiger partial charge on any atom is -0.348 e. The molecule has 1 amide bonds. The summed E-state index contributed by atoms with van der Waals surface area (Å²) in [6.07, 6.45) is 3.69. The minimum atomic E-state index is -3.66. The molecule has 3 heterocycles. The summed E-state index contributed by atoms with van der Waals surface area (Å²) in [6.45, 7) is 8.70. The predicted molar refractivity (Wildman–Crippen MR) is 180 cm³/mol. The molecule has 1 aromatic heterocycles. The number of piperazine rings is 1. The topological polar surface area (TPSA) is 91.1 Å². The van der Waals surface area contributed by atoms with Gasteiger partial charge in [0.25, 0.3) is 5.91 Å². The molecule has 0 aliphatic carbocycles. The molecule has 3 aromatic carbocycles. The van der Waals surface area contributed by atoms with Gasteiger partial charge in [0, 0.05) is 63.1 Å². The third-order valence-corrected chi connectivity index (χ3v) is 11.1. The molecule has 0 saturated carbocycles. The second-order valence-corrected chi connectivity index (χ2v) is 13.8. The van der Waals surface area contributed by atoms with E-state index in [1.807, 2.05) is 68.6 Å². The van der Waals surface area contributed by atoms with Crippen molar-refractivity contribution in [2.75, 3.05) is 39.3 Å². The van der Waals surface area contributed by atoms with Crippen molar-refractivity contribution >= 4 is 38.9 Å². The van der Waals surface area contributed by atoms with Gasteiger partial charge in [-0.1, -0.05) is 74.5 Å². The molecule has 0 unspecified atom stereocenters. The average Bonchev–Trinajstić information content (AvgIpc) is 3.66. The zero-order valence-corrected chi connectivity index (χ0v) is 27.0. The number of benzene rings is 3. The molecule has 45 heavy (non-hydrogen) atoms. The van der Waals surface area contributed by atoms with E-state index in [1.54, 1.807) is 22.9 Å². The third kappa shape index (κ3) is 6.81. The number of hydrogen-bond donors (Lipinski definition) is 0. The van der Waals surface area contributed by atoms with Gasteiger partial charge in [-0.15, -0.1) is 0 Å². The largest absolute Gasteiger partial charge is 0.348 e. The number of aromatic nitrogens is 2. The highest BCUT2D eigenvalue weighted by atomic mass is 32.2. The van der Waals surface area contributed by atoms with E-state index in [4.69, 9.17) is 5.10 Å². The SMILES string of the molecule is CCN(CC)S(=O)(=O)c1cccc(-c2nn(-c3ccccc3)cc2/C=C2\SC(N3CCN(Cc4ccccc4)CC3)=NC2=O)c1. The lowest BCUT2D eigenvalue weighted by atomic mass is 10.1. The number of para-hydroxylation sites is 1. The lowest BCUT2D eigenvalue weighted by Crippen LogP contribution is -2.47. The van der Waals surface area contributed by atoms with Crippen LogP contribution in [0.2, 0.25) is 0 Å². The Hall–Kier alpha value is -4.03. The highest BCUT2D eigenvalue weighted by Crippen LogP contribution is 2.34. The molecule has 0 bridgehead atoms. The van der Waals surface area contributed by atoms with Crippen molar-refractivity contribution in [3.8, 4) is 16.9 Å². The Bertz CT molecular complexity index is 1830. The third-order valence-electron chi connectivity index (χ3n) is 8.00. The fourth-order valence-corrected chi connectivity index (χ4v) is 8.02. The van der Waals surface area contributed by atoms with Crippen LogP contribution in [-0.4, -0.2) is 82.6 Å². The van der Waals surface area contributed by atoms with Crippen LogP contribution in [0.3, 0.4) is 0 Å². The summed E-state index contributed by atoms with van der Waals surface area (Å²) in [4.78, 5) is 22.9. The molecule has 11 heteroatoms. The van der Waals surface area contributed by atoms with Crippen molar-refractivity contribution in [2.45, 2.75) is 25.3 Å². The van der Waals surface area contributed by atoms with Crippen molar-refractivity contribution in [3.05, 3.63) is 107 Å². The van der Waals surface area contributed by atoms with Gasteiger partial charge in [-0.2, -0.15) is 14.4 Å². The van der Waals surface area contributed by atoms with Gasteiger partial charge in [-0.05, 0) is 47.7 Å². The fraction of sp³-hybridized carbons (Fsp3) is 0.265. The average molecular weight is 641 g/mol. The minimum absolute atomic E-state index is 0.208. The van der Waals surface area contributed by atoms with Crippen LogP contribution in [0.15, 0.2) is 106 Å². The van der Waals surface area contributed by atoms with Crippen molar-refractivity contribution in [1.29, 1.82) is 0 Å². The molecule has 1 saturated heterocycles. The Balaban J connectivity index is 1.26. The number of aliphatic imine (C=N–C) groups is 1. The lowest BCUT2D eigenvalue weighted by Gasteiger charge is -2.35. The van der Waals surface area contributed by atoms with Crippen molar-refractivity contribution in [2.24, 2.45) is 4.99 Å². The number of sulfonamides is 1. The maximum absolute atomic E-state index is 13.3. The molecule has 0 spiro atoms. The maximum atomic E-state index is 13.3. The molecule has 0 atom stereocenters. The molecule has 0 N–H and O–H groups in total. The van der Waals surface area contributed by atoms with Crippen LogP contribution in [0.5, 0.6) is 0 Å². The number of carbonyl (C=O) groups is 1. The van der Waals surface area contributed by atoms with E-state index >= 15 is 0 Å². The number of amidine groups is 1. The van der Waals surface area contributed by atoms with E-state index in [0.717, 1.165) is 43.6 Å². The van der Waals surface area contributed by atoms with E-state index in [-0.39, 0.29) is 10.8 Å². The smallest absolute Gasteiger partial charge is 0.286 e. The predicted octanol–water partition coefficient (Wildman–Crippen LogP) is 5.36. The van der Waals surface area contributed by atoms with Crippen LogP contribution in [0, 0.1) is 0 Å². The zero-order chi connectivity index (χ0) is 31.4. The first-order valence-corrected chi connectivity index (χ1v) is 17.4. The standard InChI is InChI=1S/C34H36N6O3S2/c1-3-39(4-2)45(42,43)30-17-11-14-27(22-30)32-28(25-40(36-32)29-15-9-6-10-16-29)23-31-33(41)35-34(44-31)38-20-18-37(19-21-38)24-26-12-7-5-8-13-26/h5-17,22-23,25H,3-4,18-21,24H2,1-2H3/b31-23-. The Morgan fingerprint density at radius 1 is 0.889 bits per heavy atom. The molecule has 9 nitrogen and oxygen atoms in total. The van der Waals surface area contributed by atoms with E-state index in [1.165, 1.54) is 21.6 Å². The van der Waals surface area contributed by atoms with Gasteiger partial charge >= 0.3 is 0 Å². The van der Waals surface area contributed by atoms with Crippen LogP contribution in [0.1, 0.15) is 25.0 Å². The molecule has 4 aromatic rings. The summed E-state index contributed by atoms with van der Waals surface area (Å²) in [7, 11) is -3.66. The van der Waals surface area contributed by atoms with Gasteiger partial charge in [0.1, 0.15) is 5.69 Å². The molecule has 6 rings (SSSR count). The van der Waals surface area contributed by atoms with E-state index < -0.39 is 10.0 Å². The summed E-state index contributed by atoms with van der Waals surface area (Å²) >= 11 is 1.38. The van der Waals surface area contributed by atoms with Crippen LogP contribution in [0.25, 0.3) is 23.0 Å². The van der Waals surface area contributed by atoms with Gasteiger partial charge in [-0.3, -0.25) is 9.69 Å². The second-order valence-electron chi connectivity index (χ2n) is 10.9. The highest BCUT2D eigenvalue weighted by molar-refractivity contribution is 8.18. The number of hydrogen-bond acceptors (Lipinski definition) is 7. The lowest BCUT2D eigenvalue weighted by molar-refractivity contribution is -0.113. The first kappa shape index (κ1) is 31.0. The maximum Gasteiger partial charge on any atom is 0.286 e. The van der Waals surface area contributed by atoms with Gasteiger partial charge in [0.15, 0.2) is 5.17 Å². The highest BCUT2D eigenvalue weighted by Gasteiger charge is 2.29. The van der Waals surface area contributed by atoms with Gasteiger partial charge in [-0.25, -0.2) is 13.1 Å². The van der Waals surface area contributed by atoms with Crippen LogP contribution in [0.4, 0.5) is 0 Å². The zero-order valence-electron chi connectivity index (χ0n) is 25.4. The number of nitrogens with zero attached hydrogens (tertiary/aromatic N) is 6. The van der Waals surface area contributed by atoms with E-state index in [9.17, 15) is 13.2 Å². The summed E-state index contributed by atoms with van der Waals surface area (Å²) in [5.74, 6) is -0.280. The molecular weight excluding hydrogens is 605 g/mol. The number of rotatable bonds is 9. The normalized spacial score (nSPS) is 17.0. The van der Waals surface area contributed by atoms with Crippen molar-refractivity contribution in [1.82, 2.24) is 23.9 Å². The van der Waals surface area contributed by atoms with Crippen LogP contribution < -0.4 is 0 Å². The Kier molecular flexibility index (Phi) is 9.32. The van der Waals surface area contributed by atoms with Crippen molar-refractivity contribution < 1.29 is 13.2 Å². The molecule has 0 radical (unpaired) electrons. The van der Waals surface area contributed by atoms with Gasteiger partial charge in [0.2, 0.25) is 10.0 Å². The summed E-state index contributed by atoms with van der Waals surface area (Å²) in [6, 6.07) is 27.0. The number of carbonyl (C=O) groups excluding carboxylic acids is 1. The molecule has 2 aliphatic rings. The monoisotopic (exact) mass is 640 g/mol. The summed E-state index contributed by atoms with van der Waals surface area (Å²) < 4.78 is 29.8. The van der Waals surface area contributed by atoms with Gasteiger partial charge < -0.3 is 4.90 Å². The summed E-state index contributed by atoms with van der Waals surface area (Å²) in [5, 5.41) is 5.58. The molecule has 232 valence electrons. The molecule has 2 aliphatic heterocycles. The van der Waals surface area contributed by atoms with Gasteiger partial charge in [0.05, 0.1) is 15.5 Å². The number of thioether (sulfide) groups is 1. The van der Waals surface area contributed by atoms with E-state index in [0.29, 0.717) is 34.8 Å². The van der Waals surface area contributed by atoms with Crippen molar-refractivity contribution in [3.63, 3.8) is 0 Å². The Morgan fingerprint density at radius 3 is 2.27 bits per heavy atom. The van der Waals surface area contributed by atoms with Crippen LogP contribution in [-0.2, 0) is 21.4 Å². The Labute approximate surface area is 268 Å². The van der Waals surface area contributed by atoms with Crippen LogP contribution >= 0.6 is 11.8 Å². The first-order valence-electron chi connectivity index (χ1n) is 15.1. The fourth-order valence-electron chi connectivity index (χ4n) is 5.56. The summed E-state index contributed by atoms with van der Waals surface area (Å²) in [5.41, 5.74) is 4.08. The Morgan fingerprint density at radius 2 is 1.58 bits per heavy atom.